The summed E-state index contributed by atoms with van der Waals surface area (Å²) in [6.45, 7) is 8.47. The van der Waals surface area contributed by atoms with E-state index in [0.717, 1.165) is 11.3 Å². The van der Waals surface area contributed by atoms with Crippen molar-refractivity contribution in [3.8, 4) is 0 Å². The summed E-state index contributed by atoms with van der Waals surface area (Å²) < 4.78 is 5.00. The largest absolute Gasteiger partial charge is 0.450 e. The maximum Gasteiger partial charge on any atom is 0.409 e. The average molecular weight is 373 g/mol. The Hall–Kier alpha value is -2.57. The zero-order valence-electron chi connectivity index (χ0n) is 16.2. The minimum absolute atomic E-state index is 0.00167. The number of anilines is 1. The average Bonchev–Trinajstić information content (AvgIpc) is 3.05. The van der Waals surface area contributed by atoms with E-state index in [0.29, 0.717) is 39.3 Å². The molecule has 2 saturated heterocycles. The van der Waals surface area contributed by atoms with Crippen molar-refractivity contribution in [2.75, 3.05) is 44.2 Å². The highest BCUT2D eigenvalue weighted by Gasteiger charge is 2.38. The van der Waals surface area contributed by atoms with Crippen molar-refractivity contribution < 1.29 is 19.1 Å². The molecule has 0 bridgehead atoms. The molecule has 1 aromatic carbocycles. The number of rotatable bonds is 3. The molecule has 1 aromatic rings. The lowest BCUT2D eigenvalue weighted by Crippen LogP contribution is -2.52. The van der Waals surface area contributed by atoms with Crippen LogP contribution in [0.3, 0.4) is 0 Å². The van der Waals surface area contributed by atoms with Crippen molar-refractivity contribution in [1.29, 1.82) is 0 Å². The van der Waals surface area contributed by atoms with Gasteiger partial charge in [0.25, 0.3) is 0 Å². The lowest BCUT2D eigenvalue weighted by Gasteiger charge is -2.35. The molecule has 0 spiro atoms. The number of hydrogen-bond acceptors (Lipinski definition) is 4. The summed E-state index contributed by atoms with van der Waals surface area (Å²) in [5, 5.41) is 0. The van der Waals surface area contributed by atoms with E-state index in [9.17, 15) is 14.4 Å². The maximum atomic E-state index is 12.9. The second-order valence-electron chi connectivity index (χ2n) is 7.19. The van der Waals surface area contributed by atoms with Gasteiger partial charge < -0.3 is 19.4 Å². The van der Waals surface area contributed by atoms with Crippen molar-refractivity contribution in [1.82, 2.24) is 9.80 Å². The molecule has 1 unspecified atom stereocenters. The molecule has 0 aromatic heterocycles. The van der Waals surface area contributed by atoms with Gasteiger partial charge in [-0.1, -0.05) is 6.07 Å². The van der Waals surface area contributed by atoms with Crippen LogP contribution in [0.25, 0.3) is 0 Å². The number of amides is 3. The molecule has 1 atom stereocenters. The van der Waals surface area contributed by atoms with Gasteiger partial charge in [-0.05, 0) is 44.0 Å². The van der Waals surface area contributed by atoms with E-state index in [1.165, 1.54) is 5.56 Å². The van der Waals surface area contributed by atoms with Crippen LogP contribution in [0.4, 0.5) is 10.5 Å². The van der Waals surface area contributed by atoms with Crippen LogP contribution in [-0.4, -0.2) is 67.0 Å². The first-order chi connectivity index (χ1) is 12.9. The molecular formula is C20H27N3O4. The summed E-state index contributed by atoms with van der Waals surface area (Å²) in [6, 6.07) is 5.94. The molecule has 3 rings (SSSR count). The lowest BCUT2D eigenvalue weighted by atomic mass is 10.1. The van der Waals surface area contributed by atoms with Crippen LogP contribution in [-0.2, 0) is 14.3 Å². The predicted molar refractivity (Wildman–Crippen MR) is 102 cm³/mol. The van der Waals surface area contributed by atoms with Crippen molar-refractivity contribution >= 4 is 23.6 Å². The molecule has 2 fully saturated rings. The van der Waals surface area contributed by atoms with Crippen LogP contribution in [0.1, 0.15) is 24.5 Å². The third kappa shape index (κ3) is 4.07. The number of nitrogens with zero attached hydrogens (tertiary/aromatic N) is 3. The molecule has 0 N–H and O–H groups in total. The molecule has 7 nitrogen and oxygen atoms in total. The van der Waals surface area contributed by atoms with Crippen LogP contribution in [0.5, 0.6) is 0 Å². The molecule has 0 saturated carbocycles. The summed E-state index contributed by atoms with van der Waals surface area (Å²) in [5.41, 5.74) is 3.16. The first-order valence-electron chi connectivity index (χ1n) is 9.48. The first kappa shape index (κ1) is 19.2. The normalized spacial score (nSPS) is 20.2. The van der Waals surface area contributed by atoms with E-state index in [2.05, 4.69) is 0 Å². The van der Waals surface area contributed by atoms with Crippen molar-refractivity contribution in [2.45, 2.75) is 27.2 Å². The van der Waals surface area contributed by atoms with Crippen molar-refractivity contribution in [3.05, 3.63) is 29.3 Å². The fourth-order valence-electron chi connectivity index (χ4n) is 3.60. The predicted octanol–water partition coefficient (Wildman–Crippen LogP) is 1.96. The highest BCUT2D eigenvalue weighted by atomic mass is 16.6. The molecule has 27 heavy (non-hydrogen) atoms. The summed E-state index contributed by atoms with van der Waals surface area (Å²) in [6.07, 6.45) is -0.0920. The Bertz CT molecular complexity index is 741. The Morgan fingerprint density at radius 3 is 2.37 bits per heavy atom. The zero-order valence-corrected chi connectivity index (χ0v) is 16.2. The van der Waals surface area contributed by atoms with Gasteiger partial charge in [0, 0.05) is 44.8 Å². The fourth-order valence-corrected chi connectivity index (χ4v) is 3.60. The number of hydrogen-bond donors (Lipinski definition) is 0. The summed E-state index contributed by atoms with van der Waals surface area (Å²) in [5.74, 6) is -0.340. The SMILES string of the molecule is CCOC(=O)N1CCN(C(=O)C2CC(=O)N(c3ccc(C)c(C)c3)C2)CC1. The molecule has 146 valence electrons. The van der Waals surface area contributed by atoms with E-state index in [4.69, 9.17) is 4.74 Å². The third-order valence-electron chi connectivity index (χ3n) is 5.39. The van der Waals surface area contributed by atoms with Crippen molar-refractivity contribution in [3.63, 3.8) is 0 Å². The van der Waals surface area contributed by atoms with Gasteiger partial charge >= 0.3 is 6.09 Å². The van der Waals surface area contributed by atoms with Crippen LogP contribution >= 0.6 is 0 Å². The molecule has 2 aliphatic rings. The van der Waals surface area contributed by atoms with Crippen LogP contribution in [0, 0.1) is 19.8 Å². The maximum absolute atomic E-state index is 12.9. The van der Waals surface area contributed by atoms with Gasteiger partial charge in [-0.2, -0.15) is 0 Å². The van der Waals surface area contributed by atoms with Gasteiger partial charge in [-0.25, -0.2) is 4.79 Å². The fraction of sp³-hybridized carbons (Fsp3) is 0.550. The van der Waals surface area contributed by atoms with Crippen LogP contribution in [0.2, 0.25) is 0 Å². The first-order valence-corrected chi connectivity index (χ1v) is 9.48. The summed E-state index contributed by atoms with van der Waals surface area (Å²) in [7, 11) is 0. The number of aryl methyl sites for hydroxylation is 2. The van der Waals surface area contributed by atoms with Gasteiger partial charge in [0.2, 0.25) is 11.8 Å². The van der Waals surface area contributed by atoms with E-state index in [1.54, 1.807) is 21.6 Å². The van der Waals surface area contributed by atoms with Gasteiger partial charge in [0.05, 0.1) is 12.5 Å². The Balaban J connectivity index is 1.59. The van der Waals surface area contributed by atoms with Gasteiger partial charge in [0.1, 0.15) is 0 Å². The van der Waals surface area contributed by atoms with Crippen LogP contribution < -0.4 is 4.90 Å². The topological polar surface area (TPSA) is 70.2 Å². The molecule has 2 heterocycles. The molecule has 7 heteroatoms. The minimum Gasteiger partial charge on any atom is -0.450 e. The third-order valence-corrected chi connectivity index (χ3v) is 5.39. The number of ether oxygens (including phenoxy) is 1. The smallest absolute Gasteiger partial charge is 0.409 e. The van der Waals surface area contributed by atoms with Gasteiger partial charge in [-0.15, -0.1) is 0 Å². The second kappa shape index (κ2) is 7.98. The quantitative estimate of drug-likeness (QED) is 0.812. The molecule has 0 radical (unpaired) electrons. The molecule has 0 aliphatic carbocycles. The zero-order chi connectivity index (χ0) is 19.6. The second-order valence-corrected chi connectivity index (χ2v) is 7.19. The van der Waals surface area contributed by atoms with E-state index in [-0.39, 0.29) is 30.2 Å². The minimum atomic E-state index is -0.332. The van der Waals surface area contributed by atoms with Gasteiger partial charge in [-0.3, -0.25) is 9.59 Å². The number of benzene rings is 1. The molecular weight excluding hydrogens is 346 g/mol. The number of carbonyl (C=O) groups excluding carboxylic acids is 3. The standard InChI is InChI=1S/C20H27N3O4/c1-4-27-20(26)22-9-7-21(8-10-22)19(25)16-12-18(24)23(13-16)17-6-5-14(2)15(3)11-17/h5-6,11,16H,4,7-10,12-13H2,1-3H3. The Morgan fingerprint density at radius 2 is 1.74 bits per heavy atom. The summed E-state index contributed by atoms with van der Waals surface area (Å²) in [4.78, 5) is 42.2. The Morgan fingerprint density at radius 1 is 1.07 bits per heavy atom. The number of carbonyl (C=O) groups is 3. The lowest BCUT2D eigenvalue weighted by molar-refractivity contribution is -0.137. The molecule has 3 amide bonds. The monoisotopic (exact) mass is 373 g/mol. The summed E-state index contributed by atoms with van der Waals surface area (Å²) >= 11 is 0. The highest BCUT2D eigenvalue weighted by Crippen LogP contribution is 2.28. The van der Waals surface area contributed by atoms with Crippen LogP contribution in [0.15, 0.2) is 18.2 Å². The van der Waals surface area contributed by atoms with E-state index < -0.39 is 0 Å². The van der Waals surface area contributed by atoms with Gasteiger partial charge in [0.15, 0.2) is 0 Å². The molecule has 2 aliphatic heterocycles. The Labute approximate surface area is 159 Å². The van der Waals surface area contributed by atoms with E-state index >= 15 is 0 Å². The van der Waals surface area contributed by atoms with Crippen molar-refractivity contribution in [2.24, 2.45) is 5.92 Å². The van der Waals surface area contributed by atoms with E-state index in [1.807, 2.05) is 32.0 Å². The Kier molecular flexibility index (Phi) is 5.68. The number of piperazine rings is 1. The highest BCUT2D eigenvalue weighted by molar-refractivity contribution is 6.00.